The molecule has 0 aromatic heterocycles. The lowest BCUT2D eigenvalue weighted by molar-refractivity contribution is 0.0992. The average Bonchev–Trinajstić information content (AvgIpc) is 3.29. The van der Waals surface area contributed by atoms with Gasteiger partial charge in [0.25, 0.3) is 0 Å². The van der Waals surface area contributed by atoms with Crippen LogP contribution in [0, 0.1) is 5.92 Å². The summed E-state index contributed by atoms with van der Waals surface area (Å²) in [6.07, 6.45) is 11.2. The second kappa shape index (κ2) is 8.94. The molecular formula is C18H32IN3O3S. The van der Waals surface area contributed by atoms with E-state index in [-0.39, 0.29) is 29.9 Å². The van der Waals surface area contributed by atoms with Gasteiger partial charge in [-0.3, -0.25) is 4.99 Å². The van der Waals surface area contributed by atoms with Crippen LogP contribution in [0.25, 0.3) is 0 Å². The van der Waals surface area contributed by atoms with Crippen LogP contribution in [0.5, 0.6) is 0 Å². The molecule has 4 atom stereocenters. The van der Waals surface area contributed by atoms with Crippen LogP contribution in [0.3, 0.4) is 0 Å². The van der Waals surface area contributed by atoms with Crippen molar-refractivity contribution >= 4 is 39.8 Å². The molecule has 4 rings (SSSR count). The molecule has 1 aliphatic carbocycles. The highest BCUT2D eigenvalue weighted by Gasteiger charge is 2.41. The number of rotatable bonds is 4. The molecule has 4 unspecified atom stereocenters. The van der Waals surface area contributed by atoms with E-state index in [1.54, 1.807) is 0 Å². The Balaban J connectivity index is 0.00000196. The highest BCUT2D eigenvalue weighted by atomic mass is 127. The third kappa shape index (κ3) is 5.25. The summed E-state index contributed by atoms with van der Waals surface area (Å²) in [6, 6.07) is 0.840. The van der Waals surface area contributed by atoms with E-state index in [0.717, 1.165) is 25.2 Å². The van der Waals surface area contributed by atoms with Gasteiger partial charge >= 0.3 is 0 Å². The molecule has 3 aliphatic heterocycles. The largest absolute Gasteiger partial charge is 0.373 e. The molecule has 150 valence electrons. The van der Waals surface area contributed by atoms with E-state index in [0.29, 0.717) is 42.3 Å². The maximum atomic E-state index is 11.7. The Kier molecular flexibility index (Phi) is 7.10. The van der Waals surface area contributed by atoms with Gasteiger partial charge in [0.1, 0.15) is 0 Å². The second-order valence-electron chi connectivity index (χ2n) is 8.30. The van der Waals surface area contributed by atoms with Crippen molar-refractivity contribution in [3.05, 3.63) is 0 Å². The van der Waals surface area contributed by atoms with E-state index in [4.69, 9.17) is 9.73 Å². The molecule has 6 nitrogen and oxygen atoms in total. The summed E-state index contributed by atoms with van der Waals surface area (Å²) in [7, 11) is -2.83. The number of fused-ring (bicyclic) bond motifs is 2. The summed E-state index contributed by atoms with van der Waals surface area (Å²) >= 11 is 0. The minimum atomic E-state index is -2.83. The summed E-state index contributed by atoms with van der Waals surface area (Å²) in [5.74, 6) is 1.67. The minimum Gasteiger partial charge on any atom is -0.373 e. The maximum absolute atomic E-state index is 11.7. The molecule has 26 heavy (non-hydrogen) atoms. The number of hydrogen-bond acceptors (Lipinski definition) is 4. The van der Waals surface area contributed by atoms with E-state index < -0.39 is 9.84 Å². The summed E-state index contributed by atoms with van der Waals surface area (Å²) in [5.41, 5.74) is 0. The highest BCUT2D eigenvalue weighted by molar-refractivity contribution is 14.0. The molecule has 2 N–H and O–H groups in total. The molecule has 4 fully saturated rings. The molecule has 8 heteroatoms. The smallest absolute Gasteiger partial charge is 0.191 e. The standard InChI is InChI=1S/C18H31N3O3S.HI/c22-25(23)9-8-13(12-25)11-19-18(20-14-4-2-1-3-5-14)21-16-10-15-6-7-17(16)24-15;/h13-17H,1-12H2,(H2,19,20,21);1H. The first kappa shape index (κ1) is 20.6. The Morgan fingerprint density at radius 2 is 1.85 bits per heavy atom. The summed E-state index contributed by atoms with van der Waals surface area (Å²) in [6.45, 7) is 0.600. The molecule has 0 aromatic carbocycles. The van der Waals surface area contributed by atoms with E-state index in [1.165, 1.54) is 38.5 Å². The number of hydrogen-bond donors (Lipinski definition) is 2. The van der Waals surface area contributed by atoms with Gasteiger partial charge in [0.15, 0.2) is 15.8 Å². The van der Waals surface area contributed by atoms with Crippen molar-refractivity contribution in [3.63, 3.8) is 0 Å². The monoisotopic (exact) mass is 497 g/mol. The molecule has 0 radical (unpaired) electrons. The van der Waals surface area contributed by atoms with Crippen molar-refractivity contribution in [1.82, 2.24) is 10.6 Å². The third-order valence-electron chi connectivity index (χ3n) is 6.21. The Labute approximate surface area is 174 Å². The zero-order chi connectivity index (χ0) is 17.3. The molecule has 3 heterocycles. The SMILES string of the molecule is I.O=S1(=O)CCC(CN=C(NC2CCCCC2)NC2CC3CCC2O3)C1. The third-order valence-corrected chi connectivity index (χ3v) is 8.05. The molecule has 3 saturated heterocycles. The van der Waals surface area contributed by atoms with Crippen LogP contribution in [-0.4, -0.2) is 56.7 Å². The van der Waals surface area contributed by atoms with Gasteiger partial charge in [0, 0.05) is 12.6 Å². The molecule has 0 spiro atoms. The van der Waals surface area contributed by atoms with Gasteiger partial charge in [-0.15, -0.1) is 24.0 Å². The van der Waals surface area contributed by atoms with Gasteiger partial charge in [-0.1, -0.05) is 19.3 Å². The predicted molar refractivity (Wildman–Crippen MR) is 114 cm³/mol. The van der Waals surface area contributed by atoms with Crippen LogP contribution >= 0.6 is 24.0 Å². The number of nitrogens with one attached hydrogen (secondary N) is 2. The number of sulfone groups is 1. The van der Waals surface area contributed by atoms with Crippen molar-refractivity contribution in [3.8, 4) is 0 Å². The van der Waals surface area contributed by atoms with Crippen LogP contribution in [0.1, 0.15) is 57.8 Å². The van der Waals surface area contributed by atoms with Gasteiger partial charge in [-0.25, -0.2) is 8.42 Å². The highest BCUT2D eigenvalue weighted by Crippen LogP contribution is 2.34. The Bertz CT molecular complexity index is 607. The summed E-state index contributed by atoms with van der Waals surface area (Å²) in [4.78, 5) is 4.79. The van der Waals surface area contributed by atoms with Gasteiger partial charge in [0.2, 0.25) is 0 Å². The first-order chi connectivity index (χ1) is 12.1. The summed E-state index contributed by atoms with van der Waals surface area (Å²) < 4.78 is 29.3. The molecule has 0 amide bonds. The fourth-order valence-corrected chi connectivity index (χ4v) is 6.62. The number of nitrogens with zero attached hydrogens (tertiary/aromatic N) is 1. The van der Waals surface area contributed by atoms with Gasteiger partial charge in [-0.2, -0.15) is 0 Å². The first-order valence-electron chi connectivity index (χ1n) is 10.0. The second-order valence-corrected chi connectivity index (χ2v) is 10.5. The van der Waals surface area contributed by atoms with Crippen molar-refractivity contribution in [2.24, 2.45) is 10.9 Å². The molecule has 1 saturated carbocycles. The quantitative estimate of drug-likeness (QED) is 0.354. The number of guanidine groups is 1. The molecule has 2 bridgehead atoms. The maximum Gasteiger partial charge on any atom is 0.191 e. The average molecular weight is 497 g/mol. The van der Waals surface area contributed by atoms with E-state index in [9.17, 15) is 8.42 Å². The van der Waals surface area contributed by atoms with Crippen LogP contribution in [0.15, 0.2) is 4.99 Å². The van der Waals surface area contributed by atoms with E-state index >= 15 is 0 Å². The normalized spacial score (nSPS) is 36.7. The fraction of sp³-hybridized carbons (Fsp3) is 0.944. The van der Waals surface area contributed by atoms with Crippen LogP contribution in [0.4, 0.5) is 0 Å². The number of aliphatic imine (C=N–C) groups is 1. The van der Waals surface area contributed by atoms with Crippen molar-refractivity contribution in [2.75, 3.05) is 18.1 Å². The number of halogens is 1. The zero-order valence-electron chi connectivity index (χ0n) is 15.4. The van der Waals surface area contributed by atoms with Crippen LogP contribution < -0.4 is 10.6 Å². The molecule has 4 aliphatic rings. The van der Waals surface area contributed by atoms with Crippen LogP contribution in [-0.2, 0) is 14.6 Å². The minimum absolute atomic E-state index is 0. The van der Waals surface area contributed by atoms with E-state index in [1.807, 2.05) is 0 Å². The lowest BCUT2D eigenvalue weighted by Gasteiger charge is -2.28. The van der Waals surface area contributed by atoms with Gasteiger partial charge in [0.05, 0.1) is 29.8 Å². The predicted octanol–water partition coefficient (Wildman–Crippen LogP) is 2.23. The van der Waals surface area contributed by atoms with Gasteiger partial charge in [-0.05, 0) is 44.4 Å². The van der Waals surface area contributed by atoms with E-state index in [2.05, 4.69) is 10.6 Å². The number of ether oxygens (including phenoxy) is 1. The topological polar surface area (TPSA) is 79.8 Å². The Hall–Kier alpha value is -0.0900. The summed E-state index contributed by atoms with van der Waals surface area (Å²) in [5, 5.41) is 7.22. The van der Waals surface area contributed by atoms with Crippen molar-refractivity contribution in [1.29, 1.82) is 0 Å². The Morgan fingerprint density at radius 1 is 1.04 bits per heavy atom. The lowest BCUT2D eigenvalue weighted by atomic mass is 9.95. The fourth-order valence-electron chi connectivity index (χ4n) is 4.77. The Morgan fingerprint density at radius 3 is 2.46 bits per heavy atom. The lowest BCUT2D eigenvalue weighted by Crippen LogP contribution is -2.50. The first-order valence-corrected chi connectivity index (χ1v) is 11.8. The van der Waals surface area contributed by atoms with Gasteiger partial charge < -0.3 is 15.4 Å². The molecule has 0 aromatic rings. The van der Waals surface area contributed by atoms with Crippen molar-refractivity contribution in [2.45, 2.75) is 82.1 Å². The van der Waals surface area contributed by atoms with Crippen molar-refractivity contribution < 1.29 is 13.2 Å². The van der Waals surface area contributed by atoms with Crippen LogP contribution in [0.2, 0.25) is 0 Å². The molecular weight excluding hydrogens is 465 g/mol. The zero-order valence-corrected chi connectivity index (χ0v) is 18.5.